The van der Waals surface area contributed by atoms with E-state index in [1.807, 2.05) is 0 Å². The highest BCUT2D eigenvalue weighted by Gasteiger charge is 2.12. The van der Waals surface area contributed by atoms with E-state index in [1.165, 1.54) is 0 Å². The Morgan fingerprint density at radius 1 is 1.37 bits per heavy atom. The molecule has 0 saturated carbocycles. The highest BCUT2D eigenvalue weighted by molar-refractivity contribution is 9.10. The lowest BCUT2D eigenvalue weighted by Crippen LogP contribution is -2.16. The van der Waals surface area contributed by atoms with Gasteiger partial charge in [-0.3, -0.25) is 0 Å². The molecule has 0 spiro atoms. The van der Waals surface area contributed by atoms with E-state index < -0.39 is 0 Å². The summed E-state index contributed by atoms with van der Waals surface area (Å²) in [4.78, 5) is 4.37. The van der Waals surface area contributed by atoms with Gasteiger partial charge in [-0.25, -0.2) is 4.98 Å². The molecule has 4 heteroatoms. The van der Waals surface area contributed by atoms with Crippen molar-refractivity contribution in [2.75, 3.05) is 13.2 Å². The second-order valence-electron chi connectivity index (χ2n) is 5.95. The Kier molecular flexibility index (Phi) is 6.80. The zero-order chi connectivity index (χ0) is 14.3. The normalized spacial score (nSPS) is 11.6. The van der Waals surface area contributed by atoms with E-state index in [1.54, 1.807) is 6.20 Å². The van der Waals surface area contributed by atoms with Crippen LogP contribution in [-0.2, 0) is 6.54 Å². The van der Waals surface area contributed by atoms with Crippen LogP contribution < -0.4 is 10.1 Å². The predicted octanol–water partition coefficient (Wildman–Crippen LogP) is 4.16. The molecule has 1 N–H and O–H groups in total. The minimum Gasteiger partial charge on any atom is -0.477 e. The maximum Gasteiger partial charge on any atom is 0.217 e. The number of hydrogen-bond donors (Lipinski definition) is 1. The highest BCUT2D eigenvalue weighted by atomic mass is 79.9. The Morgan fingerprint density at radius 3 is 2.74 bits per heavy atom. The summed E-state index contributed by atoms with van der Waals surface area (Å²) >= 11 is 3.46. The Balaban J connectivity index is 2.60. The number of nitrogens with one attached hydrogen (secondary N) is 1. The number of pyridine rings is 1. The molecule has 1 aromatic heterocycles. The summed E-state index contributed by atoms with van der Waals surface area (Å²) in [5.74, 6) is 0.746. The molecule has 0 aliphatic rings. The molecule has 0 atom stereocenters. The molecule has 0 unspecified atom stereocenters. The van der Waals surface area contributed by atoms with Crippen LogP contribution in [-0.4, -0.2) is 18.1 Å². The first-order chi connectivity index (χ1) is 8.92. The maximum absolute atomic E-state index is 5.83. The van der Waals surface area contributed by atoms with Gasteiger partial charge in [0.05, 0.1) is 6.61 Å². The molecule has 0 aromatic carbocycles. The Bertz CT molecular complexity index is 388. The third-order valence-electron chi connectivity index (χ3n) is 2.73. The fraction of sp³-hybridized carbons (Fsp3) is 0.667. The van der Waals surface area contributed by atoms with E-state index in [9.17, 15) is 0 Å². The summed E-state index contributed by atoms with van der Waals surface area (Å²) in [6.07, 6.45) is 3.93. The van der Waals surface area contributed by atoms with Crippen LogP contribution in [0.5, 0.6) is 5.88 Å². The van der Waals surface area contributed by atoms with Crippen LogP contribution in [0.2, 0.25) is 0 Å². The van der Waals surface area contributed by atoms with Gasteiger partial charge in [0.1, 0.15) is 0 Å². The van der Waals surface area contributed by atoms with E-state index >= 15 is 0 Å². The first kappa shape index (κ1) is 16.4. The summed E-state index contributed by atoms with van der Waals surface area (Å²) in [6.45, 7) is 11.3. The molecule has 108 valence electrons. The third-order valence-corrected chi connectivity index (χ3v) is 3.16. The van der Waals surface area contributed by atoms with Crippen LogP contribution in [0.1, 0.15) is 46.1 Å². The van der Waals surface area contributed by atoms with Crippen LogP contribution in [0.3, 0.4) is 0 Å². The SMILES string of the molecule is CCCNCc1cc(Br)cnc1OCCC(C)(C)C. The lowest BCUT2D eigenvalue weighted by Gasteiger charge is -2.18. The van der Waals surface area contributed by atoms with Crippen molar-refractivity contribution in [3.8, 4) is 5.88 Å². The van der Waals surface area contributed by atoms with E-state index in [2.05, 4.69) is 60.0 Å². The first-order valence-electron chi connectivity index (χ1n) is 6.90. The molecule has 0 saturated heterocycles. The summed E-state index contributed by atoms with van der Waals surface area (Å²) in [5.41, 5.74) is 1.40. The van der Waals surface area contributed by atoms with E-state index in [4.69, 9.17) is 4.74 Å². The van der Waals surface area contributed by atoms with Gasteiger partial charge in [0, 0.05) is 22.8 Å². The first-order valence-corrected chi connectivity index (χ1v) is 7.69. The number of halogens is 1. The molecule has 1 aromatic rings. The zero-order valence-electron chi connectivity index (χ0n) is 12.4. The standard InChI is InChI=1S/C15H25BrN2O/c1-5-7-17-10-12-9-13(16)11-18-14(12)19-8-6-15(2,3)4/h9,11,17H,5-8,10H2,1-4H3. The minimum absolute atomic E-state index is 0.288. The van der Waals surface area contributed by atoms with Crippen molar-refractivity contribution in [2.24, 2.45) is 5.41 Å². The third kappa shape index (κ3) is 6.92. The van der Waals surface area contributed by atoms with Crippen molar-refractivity contribution < 1.29 is 4.74 Å². The fourth-order valence-corrected chi connectivity index (χ4v) is 1.96. The molecule has 3 nitrogen and oxygen atoms in total. The molecular weight excluding hydrogens is 304 g/mol. The second-order valence-corrected chi connectivity index (χ2v) is 6.87. The van der Waals surface area contributed by atoms with Gasteiger partial charge in [0.15, 0.2) is 0 Å². The fourth-order valence-electron chi connectivity index (χ4n) is 1.58. The number of aromatic nitrogens is 1. The summed E-state index contributed by atoms with van der Waals surface area (Å²) < 4.78 is 6.82. The van der Waals surface area contributed by atoms with Crippen LogP contribution >= 0.6 is 15.9 Å². The summed E-state index contributed by atoms with van der Waals surface area (Å²) in [5, 5.41) is 3.38. The number of ether oxygens (including phenoxy) is 1. The molecule has 1 rings (SSSR count). The number of hydrogen-bond acceptors (Lipinski definition) is 3. The smallest absolute Gasteiger partial charge is 0.217 e. The molecular formula is C15H25BrN2O. The quantitative estimate of drug-likeness (QED) is 0.763. The minimum atomic E-state index is 0.288. The van der Waals surface area contributed by atoms with Crippen LogP contribution in [0.15, 0.2) is 16.7 Å². The Labute approximate surface area is 125 Å². The van der Waals surface area contributed by atoms with Crippen molar-refractivity contribution >= 4 is 15.9 Å². The molecule has 1 heterocycles. The predicted molar refractivity (Wildman–Crippen MR) is 83.5 cm³/mol. The molecule has 19 heavy (non-hydrogen) atoms. The van der Waals surface area contributed by atoms with Crippen LogP contribution in [0.4, 0.5) is 0 Å². The number of rotatable bonds is 7. The van der Waals surface area contributed by atoms with Crippen molar-refractivity contribution in [3.63, 3.8) is 0 Å². The lowest BCUT2D eigenvalue weighted by atomic mass is 9.93. The van der Waals surface area contributed by atoms with E-state index in [0.29, 0.717) is 6.61 Å². The molecule has 0 radical (unpaired) electrons. The Morgan fingerprint density at radius 2 is 2.11 bits per heavy atom. The summed E-state index contributed by atoms with van der Waals surface area (Å²) in [7, 11) is 0. The molecule has 0 aliphatic carbocycles. The maximum atomic E-state index is 5.83. The van der Waals surface area contributed by atoms with Gasteiger partial charge in [0.25, 0.3) is 0 Å². The van der Waals surface area contributed by atoms with Gasteiger partial charge in [0.2, 0.25) is 5.88 Å². The highest BCUT2D eigenvalue weighted by Crippen LogP contribution is 2.22. The lowest BCUT2D eigenvalue weighted by molar-refractivity contribution is 0.234. The van der Waals surface area contributed by atoms with Crippen molar-refractivity contribution in [2.45, 2.75) is 47.1 Å². The number of nitrogens with zero attached hydrogens (tertiary/aromatic N) is 1. The van der Waals surface area contributed by atoms with E-state index in [-0.39, 0.29) is 5.41 Å². The topological polar surface area (TPSA) is 34.2 Å². The molecule has 0 amide bonds. The van der Waals surface area contributed by atoms with E-state index in [0.717, 1.165) is 41.8 Å². The van der Waals surface area contributed by atoms with Gasteiger partial charge in [-0.2, -0.15) is 0 Å². The molecule has 0 fully saturated rings. The molecule has 0 aliphatic heterocycles. The largest absolute Gasteiger partial charge is 0.477 e. The van der Waals surface area contributed by atoms with Gasteiger partial charge in [-0.1, -0.05) is 27.7 Å². The van der Waals surface area contributed by atoms with Crippen molar-refractivity contribution in [1.29, 1.82) is 0 Å². The zero-order valence-corrected chi connectivity index (χ0v) is 14.0. The van der Waals surface area contributed by atoms with Gasteiger partial charge >= 0.3 is 0 Å². The Hall–Kier alpha value is -0.610. The molecule has 0 bridgehead atoms. The van der Waals surface area contributed by atoms with Crippen molar-refractivity contribution in [1.82, 2.24) is 10.3 Å². The van der Waals surface area contributed by atoms with Crippen LogP contribution in [0, 0.1) is 5.41 Å². The van der Waals surface area contributed by atoms with Crippen molar-refractivity contribution in [3.05, 3.63) is 22.3 Å². The van der Waals surface area contributed by atoms with Gasteiger partial charge in [-0.15, -0.1) is 0 Å². The average molecular weight is 329 g/mol. The van der Waals surface area contributed by atoms with Gasteiger partial charge in [-0.05, 0) is 46.8 Å². The second kappa shape index (κ2) is 7.85. The van der Waals surface area contributed by atoms with Gasteiger partial charge < -0.3 is 10.1 Å². The summed E-state index contributed by atoms with van der Waals surface area (Å²) in [6, 6.07) is 2.07. The average Bonchev–Trinajstić information content (AvgIpc) is 2.30. The monoisotopic (exact) mass is 328 g/mol. The van der Waals surface area contributed by atoms with Crippen LogP contribution in [0.25, 0.3) is 0 Å².